The summed E-state index contributed by atoms with van der Waals surface area (Å²) in [6.45, 7) is 9.92. The first-order valence-electron chi connectivity index (χ1n) is 9.58. The third-order valence-electron chi connectivity index (χ3n) is 4.62. The van der Waals surface area contributed by atoms with Crippen molar-refractivity contribution in [3.8, 4) is 0 Å². The average molecular weight is 368 g/mol. The summed E-state index contributed by atoms with van der Waals surface area (Å²) in [4.78, 5) is 30.2. The first kappa shape index (κ1) is 19.1. The van der Waals surface area contributed by atoms with Crippen LogP contribution in [0.2, 0.25) is 0 Å². The van der Waals surface area contributed by atoms with E-state index in [1.54, 1.807) is 12.3 Å². The molecule has 0 aliphatic carbocycles. The Kier molecular flexibility index (Phi) is 6.21. The Morgan fingerprint density at radius 1 is 1.19 bits per heavy atom. The van der Waals surface area contributed by atoms with Gasteiger partial charge in [0.05, 0.1) is 0 Å². The minimum Gasteiger partial charge on any atom is -0.354 e. The topological polar surface area (TPSA) is 74.2 Å². The summed E-state index contributed by atoms with van der Waals surface area (Å²) < 4.78 is 0. The smallest absolute Gasteiger partial charge is 0.272 e. The van der Waals surface area contributed by atoms with Crippen molar-refractivity contribution < 1.29 is 4.79 Å². The van der Waals surface area contributed by atoms with Gasteiger partial charge in [-0.3, -0.25) is 4.79 Å². The van der Waals surface area contributed by atoms with Crippen LogP contribution in [0.15, 0.2) is 30.5 Å². The molecular formula is C20H28N6O. The summed E-state index contributed by atoms with van der Waals surface area (Å²) in [5, 5.41) is 3.23. The third-order valence-corrected chi connectivity index (χ3v) is 4.62. The van der Waals surface area contributed by atoms with Crippen LogP contribution in [-0.4, -0.2) is 58.5 Å². The van der Waals surface area contributed by atoms with Crippen molar-refractivity contribution in [3.05, 3.63) is 41.9 Å². The van der Waals surface area contributed by atoms with Crippen LogP contribution in [0.1, 0.15) is 36.5 Å². The van der Waals surface area contributed by atoms with Crippen LogP contribution in [0.3, 0.4) is 0 Å². The molecule has 0 radical (unpaired) electrons. The van der Waals surface area contributed by atoms with Gasteiger partial charge in [-0.25, -0.2) is 15.0 Å². The Bertz CT molecular complexity index is 756. The normalized spacial score (nSPS) is 14.5. The number of nitrogens with one attached hydrogen (secondary N) is 1. The molecule has 1 aliphatic heterocycles. The fourth-order valence-electron chi connectivity index (χ4n) is 3.07. The maximum Gasteiger partial charge on any atom is 0.272 e. The van der Waals surface area contributed by atoms with Crippen LogP contribution >= 0.6 is 0 Å². The van der Waals surface area contributed by atoms with E-state index in [0.717, 1.165) is 37.6 Å². The molecule has 7 heteroatoms. The van der Waals surface area contributed by atoms with Crippen LogP contribution in [0.4, 0.5) is 11.8 Å². The molecule has 1 fully saturated rings. The molecule has 2 aromatic heterocycles. The lowest BCUT2D eigenvalue weighted by molar-refractivity contribution is 0.0740. The molecule has 1 aliphatic rings. The highest BCUT2D eigenvalue weighted by Crippen LogP contribution is 2.15. The van der Waals surface area contributed by atoms with Crippen molar-refractivity contribution >= 4 is 17.7 Å². The molecule has 1 N–H and O–H groups in total. The zero-order valence-corrected chi connectivity index (χ0v) is 16.4. The van der Waals surface area contributed by atoms with Crippen LogP contribution in [0.25, 0.3) is 0 Å². The van der Waals surface area contributed by atoms with Gasteiger partial charge in [0.15, 0.2) is 0 Å². The fraction of sp³-hybridized carbons (Fsp3) is 0.500. The number of amides is 1. The van der Waals surface area contributed by atoms with E-state index in [1.807, 2.05) is 30.0 Å². The molecule has 0 spiro atoms. The average Bonchev–Trinajstić information content (AvgIpc) is 2.67. The summed E-state index contributed by atoms with van der Waals surface area (Å²) in [5.74, 6) is 2.07. The van der Waals surface area contributed by atoms with Crippen molar-refractivity contribution in [2.75, 3.05) is 42.9 Å². The second-order valence-corrected chi connectivity index (χ2v) is 7.29. The molecule has 3 rings (SSSR count). The first-order valence-corrected chi connectivity index (χ1v) is 9.58. The minimum atomic E-state index is -0.0342. The molecule has 3 heterocycles. The Morgan fingerprint density at radius 3 is 2.63 bits per heavy atom. The zero-order chi connectivity index (χ0) is 19.2. The van der Waals surface area contributed by atoms with E-state index in [-0.39, 0.29) is 5.91 Å². The lowest BCUT2D eigenvalue weighted by Crippen LogP contribution is -2.49. The van der Waals surface area contributed by atoms with E-state index in [1.165, 1.54) is 0 Å². The van der Waals surface area contributed by atoms with Crippen molar-refractivity contribution in [1.29, 1.82) is 0 Å². The lowest BCUT2D eigenvalue weighted by Gasteiger charge is -2.35. The summed E-state index contributed by atoms with van der Waals surface area (Å²) in [5.41, 5.74) is 1.26. The molecule has 0 unspecified atom stereocenters. The predicted molar refractivity (Wildman–Crippen MR) is 107 cm³/mol. The van der Waals surface area contributed by atoms with Crippen LogP contribution < -0.4 is 10.2 Å². The van der Waals surface area contributed by atoms with Gasteiger partial charge in [-0.15, -0.1) is 0 Å². The van der Waals surface area contributed by atoms with Gasteiger partial charge in [0.1, 0.15) is 11.5 Å². The monoisotopic (exact) mass is 368 g/mol. The summed E-state index contributed by atoms with van der Waals surface area (Å²) in [6.07, 6.45) is 2.83. The molecular weight excluding hydrogens is 340 g/mol. The molecule has 0 bridgehead atoms. The highest BCUT2D eigenvalue weighted by Gasteiger charge is 2.24. The first-order chi connectivity index (χ1) is 13.0. The van der Waals surface area contributed by atoms with Gasteiger partial charge >= 0.3 is 0 Å². The van der Waals surface area contributed by atoms with Gasteiger partial charge in [0, 0.05) is 44.6 Å². The lowest BCUT2D eigenvalue weighted by atomic mass is 10.1. The van der Waals surface area contributed by atoms with Gasteiger partial charge < -0.3 is 15.1 Å². The highest BCUT2D eigenvalue weighted by molar-refractivity contribution is 5.92. The Hall–Kier alpha value is -2.70. The number of anilines is 2. The number of aryl methyl sites for hydroxylation is 1. The Balaban J connectivity index is 1.61. The number of rotatable bonds is 6. The van der Waals surface area contributed by atoms with E-state index in [4.69, 9.17) is 0 Å². The maximum atomic E-state index is 12.9. The molecule has 27 heavy (non-hydrogen) atoms. The molecule has 7 nitrogen and oxygen atoms in total. The fourth-order valence-corrected chi connectivity index (χ4v) is 3.07. The van der Waals surface area contributed by atoms with Crippen LogP contribution in [0, 0.1) is 12.8 Å². The minimum absolute atomic E-state index is 0.0342. The number of hydrogen-bond donors (Lipinski definition) is 1. The second kappa shape index (κ2) is 8.79. The number of hydrogen-bond acceptors (Lipinski definition) is 6. The molecule has 0 saturated carbocycles. The number of pyridine rings is 1. The van der Waals surface area contributed by atoms with E-state index in [9.17, 15) is 4.79 Å². The van der Waals surface area contributed by atoms with Crippen molar-refractivity contribution in [2.45, 2.75) is 27.2 Å². The molecule has 2 aromatic rings. The third kappa shape index (κ3) is 5.15. The quantitative estimate of drug-likeness (QED) is 0.845. The van der Waals surface area contributed by atoms with E-state index < -0.39 is 0 Å². The van der Waals surface area contributed by atoms with Crippen molar-refractivity contribution in [2.24, 2.45) is 5.92 Å². The van der Waals surface area contributed by atoms with Gasteiger partial charge in [-0.2, -0.15) is 0 Å². The number of piperazine rings is 1. The molecule has 144 valence electrons. The van der Waals surface area contributed by atoms with Gasteiger partial charge in [-0.1, -0.05) is 19.9 Å². The second-order valence-electron chi connectivity index (χ2n) is 7.29. The number of carbonyl (C=O) groups is 1. The van der Waals surface area contributed by atoms with E-state index in [2.05, 4.69) is 39.0 Å². The highest BCUT2D eigenvalue weighted by atomic mass is 16.2. The maximum absolute atomic E-state index is 12.9. The van der Waals surface area contributed by atoms with Crippen molar-refractivity contribution in [1.82, 2.24) is 19.9 Å². The van der Waals surface area contributed by atoms with Gasteiger partial charge in [0.25, 0.3) is 5.91 Å². The van der Waals surface area contributed by atoms with E-state index in [0.29, 0.717) is 30.6 Å². The zero-order valence-electron chi connectivity index (χ0n) is 16.4. The standard InChI is InChI=1S/C20H28N6O/c1-15(2)7-9-22-20-23-16(3)14-17(24-20)19(27)26-12-10-25(11-13-26)18-6-4-5-8-21-18/h4-6,8,14-15H,7,9-13H2,1-3H3,(H,22,23,24). The SMILES string of the molecule is Cc1cc(C(=O)N2CCN(c3ccccn3)CC2)nc(NCCC(C)C)n1. The largest absolute Gasteiger partial charge is 0.354 e. The number of nitrogens with zero attached hydrogens (tertiary/aromatic N) is 5. The predicted octanol–water partition coefficient (Wildman–Crippen LogP) is 2.60. The molecule has 0 atom stereocenters. The number of aromatic nitrogens is 3. The molecule has 1 saturated heterocycles. The number of carbonyl (C=O) groups excluding carboxylic acids is 1. The van der Waals surface area contributed by atoms with Crippen LogP contribution in [0.5, 0.6) is 0 Å². The molecule has 0 aromatic carbocycles. The summed E-state index contributed by atoms with van der Waals surface area (Å²) in [6, 6.07) is 7.66. The molecule has 1 amide bonds. The Morgan fingerprint density at radius 2 is 1.96 bits per heavy atom. The van der Waals surface area contributed by atoms with Crippen LogP contribution in [-0.2, 0) is 0 Å². The van der Waals surface area contributed by atoms with Gasteiger partial charge in [-0.05, 0) is 37.5 Å². The summed E-state index contributed by atoms with van der Waals surface area (Å²) in [7, 11) is 0. The van der Waals surface area contributed by atoms with E-state index >= 15 is 0 Å². The summed E-state index contributed by atoms with van der Waals surface area (Å²) >= 11 is 0. The van der Waals surface area contributed by atoms with Crippen molar-refractivity contribution in [3.63, 3.8) is 0 Å². The Labute approximate surface area is 160 Å². The van der Waals surface area contributed by atoms with Gasteiger partial charge in [0.2, 0.25) is 5.95 Å².